The predicted octanol–water partition coefficient (Wildman–Crippen LogP) is 3.09. The van der Waals surface area contributed by atoms with E-state index in [-0.39, 0.29) is 27.6 Å². The monoisotopic (exact) mass is 449 g/mol. The Balaban J connectivity index is 1.76. The molecule has 0 atom stereocenters. The molecule has 0 bridgehead atoms. The molecule has 0 unspecified atom stereocenters. The van der Waals surface area contributed by atoms with E-state index in [2.05, 4.69) is 15.2 Å². The highest BCUT2D eigenvalue weighted by molar-refractivity contribution is 7.92. The van der Waals surface area contributed by atoms with Crippen LogP contribution in [0.25, 0.3) is 5.76 Å². The summed E-state index contributed by atoms with van der Waals surface area (Å²) in [5.41, 5.74) is 0.422. The molecule has 0 fully saturated rings. The Bertz CT molecular complexity index is 1380. The number of nitrogens with zero attached hydrogens (tertiary/aromatic N) is 3. The number of nitriles is 2. The number of aryl methyl sites for hydroxylation is 1. The summed E-state index contributed by atoms with van der Waals surface area (Å²) in [5, 5.41) is 34.2. The van der Waals surface area contributed by atoms with Gasteiger partial charge in [0, 0.05) is 11.4 Å². The fourth-order valence-corrected chi connectivity index (χ4v) is 3.67. The van der Waals surface area contributed by atoms with Crippen LogP contribution in [-0.4, -0.2) is 24.6 Å². The second-order valence-corrected chi connectivity index (χ2v) is 8.09. The number of aliphatic hydroxyl groups is 1. The number of benzene rings is 2. The molecule has 10 nitrogen and oxygen atoms in total. The number of carbonyl (C=O) groups is 1. The van der Waals surface area contributed by atoms with Gasteiger partial charge in [0.15, 0.2) is 11.3 Å². The Morgan fingerprint density at radius 2 is 1.69 bits per heavy atom. The van der Waals surface area contributed by atoms with Crippen LogP contribution in [0.5, 0.6) is 0 Å². The number of nitrogens with one attached hydrogen (secondary N) is 2. The topological polar surface area (TPSA) is 169 Å². The van der Waals surface area contributed by atoms with E-state index in [1.807, 2.05) is 6.07 Å². The molecule has 160 valence electrons. The lowest BCUT2D eigenvalue weighted by Crippen LogP contribution is -2.16. The summed E-state index contributed by atoms with van der Waals surface area (Å²) >= 11 is 0. The highest BCUT2D eigenvalue weighted by Gasteiger charge is 2.20. The molecule has 0 spiro atoms. The molecule has 1 amide bonds. The van der Waals surface area contributed by atoms with Crippen LogP contribution in [0.4, 0.5) is 11.4 Å². The van der Waals surface area contributed by atoms with Gasteiger partial charge in [-0.3, -0.25) is 9.52 Å². The first-order valence-electron chi connectivity index (χ1n) is 8.94. The molecule has 1 heterocycles. The lowest BCUT2D eigenvalue weighted by atomic mass is 10.1. The first-order valence-corrected chi connectivity index (χ1v) is 10.4. The van der Waals surface area contributed by atoms with Crippen LogP contribution < -0.4 is 10.0 Å². The zero-order valence-electron chi connectivity index (χ0n) is 16.5. The summed E-state index contributed by atoms with van der Waals surface area (Å²) < 4.78 is 32.3. The maximum Gasteiger partial charge on any atom is 0.270 e. The van der Waals surface area contributed by atoms with Crippen LogP contribution in [0.1, 0.15) is 16.9 Å². The molecule has 32 heavy (non-hydrogen) atoms. The number of amides is 1. The third kappa shape index (κ3) is 4.75. The molecule has 3 N–H and O–H groups in total. The third-order valence-electron chi connectivity index (χ3n) is 4.27. The third-order valence-corrected chi connectivity index (χ3v) is 5.67. The molecule has 3 rings (SSSR count). The minimum Gasteiger partial charge on any atom is -0.506 e. The standard InChI is InChI=1S/C21H15N5O5S/c1-13-19(12-24-31-13)20(27)18(11-23)21(28)25-15-6-8-17(9-7-15)32(29,30)26-16-4-2-14(10-22)3-5-16/h2-9,12,26-27H,1H3,(H,25,28)/b20-18-. The van der Waals surface area contributed by atoms with Crippen LogP contribution in [0.15, 0.2) is 69.7 Å². The summed E-state index contributed by atoms with van der Waals surface area (Å²) in [4.78, 5) is 12.3. The number of aliphatic hydroxyl groups excluding tert-OH is 1. The van der Waals surface area contributed by atoms with Gasteiger partial charge in [0.25, 0.3) is 15.9 Å². The van der Waals surface area contributed by atoms with Crippen molar-refractivity contribution >= 4 is 33.1 Å². The van der Waals surface area contributed by atoms with Crippen LogP contribution in [-0.2, 0) is 14.8 Å². The van der Waals surface area contributed by atoms with Crippen molar-refractivity contribution in [3.8, 4) is 12.1 Å². The Labute approximate surface area is 183 Å². The zero-order chi connectivity index (χ0) is 23.3. The van der Waals surface area contributed by atoms with E-state index < -0.39 is 27.3 Å². The van der Waals surface area contributed by atoms with E-state index in [9.17, 15) is 23.6 Å². The smallest absolute Gasteiger partial charge is 0.270 e. The number of anilines is 2. The Kier molecular flexibility index (Phi) is 6.24. The van der Waals surface area contributed by atoms with Crippen molar-refractivity contribution in [1.82, 2.24) is 5.16 Å². The van der Waals surface area contributed by atoms with Crippen molar-refractivity contribution in [2.45, 2.75) is 11.8 Å². The van der Waals surface area contributed by atoms with Gasteiger partial charge in [-0.1, -0.05) is 5.16 Å². The molecular weight excluding hydrogens is 434 g/mol. The number of sulfonamides is 1. The average molecular weight is 449 g/mol. The molecule has 0 aliphatic heterocycles. The quantitative estimate of drug-likeness (QED) is 0.293. The molecule has 3 aromatic rings. The van der Waals surface area contributed by atoms with Gasteiger partial charge in [0.1, 0.15) is 11.8 Å². The van der Waals surface area contributed by atoms with Crippen molar-refractivity contribution in [2.24, 2.45) is 0 Å². The van der Waals surface area contributed by atoms with E-state index in [0.717, 1.165) is 0 Å². The molecule has 0 saturated heterocycles. The molecule has 0 radical (unpaired) electrons. The van der Waals surface area contributed by atoms with E-state index in [1.54, 1.807) is 6.07 Å². The molecular formula is C21H15N5O5S. The highest BCUT2D eigenvalue weighted by Crippen LogP contribution is 2.22. The van der Waals surface area contributed by atoms with E-state index >= 15 is 0 Å². The summed E-state index contributed by atoms with van der Waals surface area (Å²) in [5.74, 6) is -1.25. The highest BCUT2D eigenvalue weighted by atomic mass is 32.2. The first kappa shape index (κ1) is 22.1. The van der Waals surface area contributed by atoms with Crippen LogP contribution in [0, 0.1) is 29.6 Å². The number of hydrogen-bond acceptors (Lipinski definition) is 8. The molecule has 2 aromatic carbocycles. The lowest BCUT2D eigenvalue weighted by molar-refractivity contribution is -0.112. The molecule has 0 aliphatic rings. The maximum atomic E-state index is 12.5. The number of rotatable bonds is 6. The van der Waals surface area contributed by atoms with Crippen molar-refractivity contribution in [2.75, 3.05) is 10.0 Å². The lowest BCUT2D eigenvalue weighted by Gasteiger charge is -2.10. The second kappa shape index (κ2) is 9.04. The van der Waals surface area contributed by atoms with Gasteiger partial charge >= 0.3 is 0 Å². The fraction of sp³-hybridized carbons (Fsp3) is 0.0476. The van der Waals surface area contributed by atoms with Crippen molar-refractivity contribution in [3.05, 3.63) is 77.2 Å². The SMILES string of the molecule is Cc1oncc1/C(O)=C(\C#N)C(=O)Nc1ccc(S(=O)(=O)Nc2ccc(C#N)cc2)cc1. The summed E-state index contributed by atoms with van der Waals surface area (Å²) in [6.07, 6.45) is 1.18. The van der Waals surface area contributed by atoms with Gasteiger partial charge in [-0.25, -0.2) is 8.42 Å². The molecule has 0 saturated carbocycles. The van der Waals surface area contributed by atoms with E-state index in [1.165, 1.54) is 61.7 Å². The van der Waals surface area contributed by atoms with Crippen molar-refractivity contribution in [3.63, 3.8) is 0 Å². The summed E-state index contributed by atoms with van der Waals surface area (Å²) in [7, 11) is -3.91. The number of hydrogen-bond donors (Lipinski definition) is 3. The summed E-state index contributed by atoms with van der Waals surface area (Å²) in [6.45, 7) is 1.51. The number of carbonyl (C=O) groups excluding carboxylic acids is 1. The van der Waals surface area contributed by atoms with Crippen LogP contribution in [0.2, 0.25) is 0 Å². The first-order chi connectivity index (χ1) is 15.2. The Morgan fingerprint density at radius 1 is 1.06 bits per heavy atom. The molecule has 1 aromatic heterocycles. The molecule has 11 heteroatoms. The second-order valence-electron chi connectivity index (χ2n) is 6.40. The minimum absolute atomic E-state index is 0.0705. The maximum absolute atomic E-state index is 12.5. The normalized spacial score (nSPS) is 11.6. The van der Waals surface area contributed by atoms with Gasteiger partial charge in [-0.05, 0) is 55.5 Å². The van der Waals surface area contributed by atoms with Gasteiger partial charge in [-0.15, -0.1) is 0 Å². The fourth-order valence-electron chi connectivity index (χ4n) is 2.61. The van der Waals surface area contributed by atoms with Gasteiger partial charge in [-0.2, -0.15) is 10.5 Å². The van der Waals surface area contributed by atoms with Gasteiger partial charge in [0.05, 0.1) is 28.3 Å². The largest absolute Gasteiger partial charge is 0.506 e. The minimum atomic E-state index is -3.91. The molecule has 0 aliphatic carbocycles. The van der Waals surface area contributed by atoms with Crippen molar-refractivity contribution in [1.29, 1.82) is 10.5 Å². The predicted molar refractivity (Wildman–Crippen MR) is 113 cm³/mol. The van der Waals surface area contributed by atoms with Gasteiger partial charge in [0.2, 0.25) is 0 Å². The zero-order valence-corrected chi connectivity index (χ0v) is 17.3. The number of aromatic nitrogens is 1. The van der Waals surface area contributed by atoms with E-state index in [0.29, 0.717) is 5.56 Å². The Morgan fingerprint density at radius 3 is 2.22 bits per heavy atom. The van der Waals surface area contributed by atoms with Gasteiger partial charge < -0.3 is 14.9 Å². The van der Waals surface area contributed by atoms with Crippen LogP contribution in [0.3, 0.4) is 0 Å². The summed E-state index contributed by atoms with van der Waals surface area (Å²) in [6, 6.07) is 14.7. The average Bonchev–Trinajstić information content (AvgIpc) is 3.20. The van der Waals surface area contributed by atoms with E-state index in [4.69, 9.17) is 9.78 Å². The Hall–Kier alpha value is -4.61. The van der Waals surface area contributed by atoms with Crippen molar-refractivity contribution < 1.29 is 22.8 Å². The van der Waals surface area contributed by atoms with Crippen LogP contribution >= 0.6 is 0 Å².